The van der Waals surface area contributed by atoms with Crippen molar-refractivity contribution in [3.05, 3.63) is 106 Å². The van der Waals surface area contributed by atoms with Gasteiger partial charge in [0.05, 0.1) is 6.42 Å². The summed E-state index contributed by atoms with van der Waals surface area (Å²) in [5, 5.41) is 4.42. The molecule has 0 radical (unpaired) electrons. The zero-order valence-electron chi connectivity index (χ0n) is 19.6. The van der Waals surface area contributed by atoms with Gasteiger partial charge in [-0.1, -0.05) is 96.7 Å². The Balaban J connectivity index is 1.66. The summed E-state index contributed by atoms with van der Waals surface area (Å²) < 4.78 is 0. The van der Waals surface area contributed by atoms with Gasteiger partial charge in [0.1, 0.15) is 6.04 Å². The number of hydrogen-bond donors (Lipinski definition) is 1. The quantitative estimate of drug-likeness (QED) is 0.372. The molecule has 0 aliphatic heterocycles. The van der Waals surface area contributed by atoms with Crippen molar-refractivity contribution in [2.45, 2.75) is 57.2 Å². The summed E-state index contributed by atoms with van der Waals surface area (Å²) in [6.45, 7) is 0.252. The number of carbonyl (C=O) groups is 2. The summed E-state index contributed by atoms with van der Waals surface area (Å²) >= 11 is 12.5. The summed E-state index contributed by atoms with van der Waals surface area (Å²) in [5.41, 5.74) is 2.66. The first-order valence-corrected chi connectivity index (χ1v) is 12.9. The van der Waals surface area contributed by atoms with E-state index in [1.54, 1.807) is 17.0 Å². The second kappa shape index (κ2) is 12.2. The molecule has 1 aliphatic carbocycles. The highest BCUT2D eigenvalue weighted by Crippen LogP contribution is 2.23. The van der Waals surface area contributed by atoms with Gasteiger partial charge in [0.15, 0.2) is 0 Å². The third-order valence-electron chi connectivity index (χ3n) is 6.54. The molecule has 0 bridgehead atoms. The van der Waals surface area contributed by atoms with Crippen LogP contribution in [0.5, 0.6) is 0 Å². The Bertz CT molecular complexity index is 1130. The highest BCUT2D eigenvalue weighted by atomic mass is 35.5. The van der Waals surface area contributed by atoms with Gasteiger partial charge in [-0.3, -0.25) is 9.59 Å². The molecule has 35 heavy (non-hydrogen) atoms. The number of hydrogen-bond acceptors (Lipinski definition) is 2. The van der Waals surface area contributed by atoms with E-state index in [0.717, 1.165) is 42.4 Å². The van der Waals surface area contributed by atoms with Crippen LogP contribution < -0.4 is 5.32 Å². The first-order valence-electron chi connectivity index (χ1n) is 12.1. The number of halogens is 2. The van der Waals surface area contributed by atoms with E-state index in [0.29, 0.717) is 16.5 Å². The van der Waals surface area contributed by atoms with Crippen LogP contribution in [0, 0.1) is 0 Å². The van der Waals surface area contributed by atoms with E-state index in [9.17, 15) is 9.59 Å². The zero-order valence-corrected chi connectivity index (χ0v) is 21.1. The molecule has 1 atom stereocenters. The zero-order chi connectivity index (χ0) is 24.6. The number of benzene rings is 3. The van der Waals surface area contributed by atoms with Gasteiger partial charge < -0.3 is 10.2 Å². The summed E-state index contributed by atoms with van der Waals surface area (Å²) in [6.07, 6.45) is 4.79. The Hall–Kier alpha value is -2.82. The molecule has 0 spiro atoms. The van der Waals surface area contributed by atoms with Crippen molar-refractivity contribution < 1.29 is 9.59 Å². The Kier molecular flexibility index (Phi) is 8.84. The van der Waals surface area contributed by atoms with Crippen LogP contribution in [0.1, 0.15) is 42.4 Å². The predicted molar refractivity (Wildman–Crippen MR) is 141 cm³/mol. The lowest BCUT2D eigenvalue weighted by Gasteiger charge is -2.32. The molecule has 0 aromatic heterocycles. The average molecular weight is 509 g/mol. The first-order chi connectivity index (χ1) is 17.0. The van der Waals surface area contributed by atoms with E-state index in [4.69, 9.17) is 23.2 Å². The smallest absolute Gasteiger partial charge is 0.243 e. The molecule has 1 fully saturated rings. The SMILES string of the molecule is O=C(NC1CCCC1)C(Cc1ccccc1)N(Cc1ccccc1Cl)C(=O)Cc1ccc(Cl)cc1. The summed E-state index contributed by atoms with van der Waals surface area (Å²) in [4.78, 5) is 29.1. The van der Waals surface area contributed by atoms with Crippen molar-refractivity contribution in [1.82, 2.24) is 10.2 Å². The molecule has 1 N–H and O–H groups in total. The van der Waals surface area contributed by atoms with Gasteiger partial charge in [-0.25, -0.2) is 0 Å². The van der Waals surface area contributed by atoms with E-state index in [2.05, 4.69) is 5.32 Å². The fourth-order valence-electron chi connectivity index (χ4n) is 4.61. The van der Waals surface area contributed by atoms with Gasteiger partial charge in [-0.2, -0.15) is 0 Å². The van der Waals surface area contributed by atoms with Gasteiger partial charge in [0.2, 0.25) is 11.8 Å². The van der Waals surface area contributed by atoms with Crippen LogP contribution in [0.15, 0.2) is 78.9 Å². The monoisotopic (exact) mass is 508 g/mol. The first kappa shape index (κ1) is 25.3. The third kappa shape index (κ3) is 7.09. The highest BCUT2D eigenvalue weighted by Gasteiger charge is 2.32. The van der Waals surface area contributed by atoms with E-state index >= 15 is 0 Å². The Morgan fingerprint density at radius 1 is 0.857 bits per heavy atom. The summed E-state index contributed by atoms with van der Waals surface area (Å²) in [5.74, 6) is -0.244. The predicted octanol–water partition coefficient (Wildman–Crippen LogP) is 6.23. The maximum Gasteiger partial charge on any atom is 0.243 e. The second-order valence-corrected chi connectivity index (χ2v) is 9.96. The minimum Gasteiger partial charge on any atom is -0.352 e. The molecular formula is C29H30Cl2N2O2. The van der Waals surface area contributed by atoms with Gasteiger partial charge in [-0.05, 0) is 47.7 Å². The molecule has 1 saturated carbocycles. The Morgan fingerprint density at radius 2 is 1.51 bits per heavy atom. The van der Waals surface area contributed by atoms with Crippen molar-refractivity contribution >= 4 is 35.0 Å². The van der Waals surface area contributed by atoms with E-state index < -0.39 is 6.04 Å². The molecule has 3 aromatic carbocycles. The molecular weight excluding hydrogens is 479 g/mol. The van der Waals surface area contributed by atoms with Crippen molar-refractivity contribution in [2.24, 2.45) is 0 Å². The molecule has 6 heteroatoms. The average Bonchev–Trinajstić information content (AvgIpc) is 3.37. The molecule has 1 aliphatic rings. The fourth-order valence-corrected chi connectivity index (χ4v) is 4.93. The molecule has 0 saturated heterocycles. The Labute approximate surface area is 217 Å². The van der Waals surface area contributed by atoms with Crippen molar-refractivity contribution in [1.29, 1.82) is 0 Å². The standard InChI is InChI=1S/C29H30Cl2N2O2/c30-24-16-14-22(15-17-24)19-28(34)33(20-23-10-4-7-13-26(23)31)27(18-21-8-2-1-3-9-21)29(35)32-25-11-5-6-12-25/h1-4,7-10,13-17,25,27H,5-6,11-12,18-20H2,(H,32,35). The largest absolute Gasteiger partial charge is 0.352 e. The minimum atomic E-state index is -0.658. The number of nitrogens with zero attached hydrogens (tertiary/aromatic N) is 1. The topological polar surface area (TPSA) is 49.4 Å². The third-order valence-corrected chi connectivity index (χ3v) is 7.16. The molecule has 1 unspecified atom stereocenters. The van der Waals surface area contributed by atoms with Gasteiger partial charge in [0, 0.05) is 29.1 Å². The molecule has 4 rings (SSSR count). The van der Waals surface area contributed by atoms with Gasteiger partial charge in [-0.15, -0.1) is 0 Å². The Morgan fingerprint density at radius 3 is 2.20 bits per heavy atom. The lowest BCUT2D eigenvalue weighted by atomic mass is 10.0. The van der Waals surface area contributed by atoms with Crippen LogP contribution in [0.4, 0.5) is 0 Å². The number of nitrogens with one attached hydrogen (secondary N) is 1. The maximum absolute atomic E-state index is 13.8. The van der Waals surface area contributed by atoms with Crippen molar-refractivity contribution in [2.75, 3.05) is 0 Å². The lowest BCUT2D eigenvalue weighted by Crippen LogP contribution is -2.52. The molecule has 4 nitrogen and oxygen atoms in total. The van der Waals surface area contributed by atoms with Crippen LogP contribution >= 0.6 is 23.2 Å². The van der Waals surface area contributed by atoms with Crippen LogP contribution in [0.2, 0.25) is 10.0 Å². The number of rotatable bonds is 9. The molecule has 3 aromatic rings. The maximum atomic E-state index is 13.8. The van der Waals surface area contributed by atoms with Gasteiger partial charge >= 0.3 is 0 Å². The van der Waals surface area contributed by atoms with Crippen LogP contribution in [-0.4, -0.2) is 28.8 Å². The highest BCUT2D eigenvalue weighted by molar-refractivity contribution is 6.31. The fraction of sp³-hybridized carbons (Fsp3) is 0.310. The normalized spacial score (nSPS) is 14.5. The van der Waals surface area contributed by atoms with Crippen molar-refractivity contribution in [3.63, 3.8) is 0 Å². The van der Waals surface area contributed by atoms with Gasteiger partial charge in [0.25, 0.3) is 0 Å². The van der Waals surface area contributed by atoms with E-state index in [1.807, 2.05) is 66.7 Å². The van der Waals surface area contributed by atoms with E-state index in [1.165, 1.54) is 0 Å². The molecule has 182 valence electrons. The molecule has 0 heterocycles. The van der Waals surface area contributed by atoms with Crippen molar-refractivity contribution in [3.8, 4) is 0 Å². The van der Waals surface area contributed by atoms with Crippen LogP contribution in [0.3, 0.4) is 0 Å². The summed E-state index contributed by atoms with van der Waals surface area (Å²) in [6, 6.07) is 24.1. The van der Waals surface area contributed by atoms with E-state index in [-0.39, 0.29) is 30.8 Å². The van der Waals surface area contributed by atoms with Crippen LogP contribution in [-0.2, 0) is 29.0 Å². The minimum absolute atomic E-state index is 0.114. The number of carbonyl (C=O) groups excluding carboxylic acids is 2. The number of amides is 2. The second-order valence-electron chi connectivity index (χ2n) is 9.11. The van der Waals surface area contributed by atoms with Crippen LogP contribution in [0.25, 0.3) is 0 Å². The lowest BCUT2D eigenvalue weighted by molar-refractivity contribution is -0.141. The molecule has 2 amide bonds. The summed E-state index contributed by atoms with van der Waals surface area (Å²) in [7, 11) is 0.